The van der Waals surface area contributed by atoms with Crippen LogP contribution in [0, 0.1) is 0 Å². The molecule has 0 amide bonds. The summed E-state index contributed by atoms with van der Waals surface area (Å²) in [6.45, 7) is 5.58. The number of nitrogens with zero attached hydrogens (tertiary/aromatic N) is 1. The lowest BCUT2D eigenvalue weighted by Gasteiger charge is -1.81. The molecule has 2 heteroatoms. The van der Waals surface area contributed by atoms with Crippen molar-refractivity contribution in [2.75, 3.05) is 7.11 Å². The molecule has 0 aromatic carbocycles. The molecule has 0 aromatic rings. The second-order valence-electron chi connectivity index (χ2n) is 1.64. The first-order valence-electron chi connectivity index (χ1n) is 2.66. The van der Waals surface area contributed by atoms with Crippen molar-refractivity contribution in [2.24, 2.45) is 5.16 Å². The SMILES string of the molecule is C=C(C)/C=C\C=N\OC. The van der Waals surface area contributed by atoms with Crippen molar-refractivity contribution in [3.8, 4) is 0 Å². The Balaban J connectivity index is 3.47. The molecule has 0 bridgehead atoms. The summed E-state index contributed by atoms with van der Waals surface area (Å²) in [5.41, 5.74) is 0.998. The van der Waals surface area contributed by atoms with Crippen LogP contribution >= 0.6 is 0 Å². The molecule has 9 heavy (non-hydrogen) atoms. The Labute approximate surface area is 55.5 Å². The van der Waals surface area contributed by atoms with Crippen molar-refractivity contribution in [2.45, 2.75) is 6.92 Å². The molecule has 0 N–H and O–H groups in total. The summed E-state index contributed by atoms with van der Waals surface area (Å²) >= 11 is 0. The molecule has 0 radical (unpaired) electrons. The van der Waals surface area contributed by atoms with Crippen LogP contribution in [0.5, 0.6) is 0 Å². The molecular formula is C7H11NO. The van der Waals surface area contributed by atoms with Crippen LogP contribution in [0.15, 0.2) is 29.5 Å². The molecule has 0 fully saturated rings. The summed E-state index contributed by atoms with van der Waals surface area (Å²) in [5, 5.41) is 3.49. The van der Waals surface area contributed by atoms with Gasteiger partial charge < -0.3 is 4.84 Å². The third kappa shape index (κ3) is 6.95. The molecule has 0 aliphatic rings. The van der Waals surface area contributed by atoms with E-state index < -0.39 is 0 Å². The van der Waals surface area contributed by atoms with Gasteiger partial charge in [-0.05, 0) is 13.0 Å². The highest BCUT2D eigenvalue weighted by atomic mass is 16.6. The van der Waals surface area contributed by atoms with Gasteiger partial charge in [-0.2, -0.15) is 0 Å². The molecule has 0 aromatic heterocycles. The average molecular weight is 125 g/mol. The number of oxime groups is 1. The van der Waals surface area contributed by atoms with E-state index in [0.717, 1.165) is 5.57 Å². The van der Waals surface area contributed by atoms with Crippen LogP contribution in [-0.2, 0) is 4.84 Å². The maximum atomic E-state index is 4.41. The minimum absolute atomic E-state index is 0.998. The predicted molar refractivity (Wildman–Crippen MR) is 39.5 cm³/mol. The van der Waals surface area contributed by atoms with Gasteiger partial charge >= 0.3 is 0 Å². The van der Waals surface area contributed by atoms with E-state index in [9.17, 15) is 0 Å². The molecule has 50 valence electrons. The van der Waals surface area contributed by atoms with E-state index in [1.807, 2.05) is 13.0 Å². The summed E-state index contributed by atoms with van der Waals surface area (Å²) in [6, 6.07) is 0. The van der Waals surface area contributed by atoms with Gasteiger partial charge in [-0.15, -0.1) is 0 Å². The Morgan fingerprint density at radius 2 is 2.33 bits per heavy atom. The molecule has 0 spiro atoms. The lowest BCUT2D eigenvalue weighted by Crippen LogP contribution is -1.69. The zero-order chi connectivity index (χ0) is 7.11. The second kappa shape index (κ2) is 5.09. The lowest BCUT2D eigenvalue weighted by atomic mass is 10.3. The van der Waals surface area contributed by atoms with Crippen LogP contribution < -0.4 is 0 Å². The van der Waals surface area contributed by atoms with Crippen LogP contribution in [0.1, 0.15) is 6.92 Å². The smallest absolute Gasteiger partial charge is 0.106 e. The molecule has 0 rings (SSSR count). The van der Waals surface area contributed by atoms with Crippen molar-refractivity contribution in [1.82, 2.24) is 0 Å². The van der Waals surface area contributed by atoms with Crippen molar-refractivity contribution >= 4 is 6.21 Å². The maximum absolute atomic E-state index is 4.41. The van der Waals surface area contributed by atoms with Crippen LogP contribution in [0.2, 0.25) is 0 Å². The maximum Gasteiger partial charge on any atom is 0.106 e. The topological polar surface area (TPSA) is 21.6 Å². The van der Waals surface area contributed by atoms with E-state index in [4.69, 9.17) is 0 Å². The Kier molecular flexibility index (Phi) is 4.50. The van der Waals surface area contributed by atoms with E-state index in [0.29, 0.717) is 0 Å². The van der Waals surface area contributed by atoms with Gasteiger partial charge in [0.05, 0.1) is 6.21 Å². The van der Waals surface area contributed by atoms with Crippen molar-refractivity contribution < 1.29 is 4.84 Å². The first-order valence-corrected chi connectivity index (χ1v) is 2.66. The number of hydrogen-bond acceptors (Lipinski definition) is 2. The summed E-state index contributed by atoms with van der Waals surface area (Å²) in [6.07, 6.45) is 5.18. The van der Waals surface area contributed by atoms with Gasteiger partial charge in [0.15, 0.2) is 0 Å². The molecule has 0 heterocycles. The van der Waals surface area contributed by atoms with Crippen LogP contribution in [0.25, 0.3) is 0 Å². The van der Waals surface area contributed by atoms with Gasteiger partial charge in [0, 0.05) is 0 Å². The van der Waals surface area contributed by atoms with Crippen molar-refractivity contribution in [1.29, 1.82) is 0 Å². The van der Waals surface area contributed by atoms with Crippen molar-refractivity contribution in [3.05, 3.63) is 24.3 Å². The van der Waals surface area contributed by atoms with Crippen LogP contribution in [0.4, 0.5) is 0 Å². The highest BCUT2D eigenvalue weighted by Crippen LogP contribution is 1.85. The van der Waals surface area contributed by atoms with E-state index in [-0.39, 0.29) is 0 Å². The third-order valence-electron chi connectivity index (χ3n) is 0.633. The number of allylic oxidation sites excluding steroid dienone is 3. The highest BCUT2D eigenvalue weighted by molar-refractivity contribution is 5.71. The quantitative estimate of drug-likeness (QED) is 0.320. The number of hydrogen-bond donors (Lipinski definition) is 0. The third-order valence-corrected chi connectivity index (χ3v) is 0.633. The fraction of sp³-hybridized carbons (Fsp3) is 0.286. The van der Waals surface area contributed by atoms with Gasteiger partial charge in [-0.25, -0.2) is 0 Å². The minimum atomic E-state index is 0.998. The molecule has 0 atom stereocenters. The highest BCUT2D eigenvalue weighted by Gasteiger charge is 1.68. The minimum Gasteiger partial charge on any atom is -0.399 e. The largest absolute Gasteiger partial charge is 0.399 e. The summed E-state index contributed by atoms with van der Waals surface area (Å²) in [7, 11) is 1.51. The van der Waals surface area contributed by atoms with E-state index >= 15 is 0 Å². The Bertz CT molecular complexity index is 136. The zero-order valence-electron chi connectivity index (χ0n) is 5.79. The summed E-state index contributed by atoms with van der Waals surface area (Å²) in [4.78, 5) is 4.41. The lowest BCUT2D eigenvalue weighted by molar-refractivity contribution is 0.215. The van der Waals surface area contributed by atoms with E-state index in [2.05, 4.69) is 16.6 Å². The zero-order valence-corrected chi connectivity index (χ0v) is 5.79. The Morgan fingerprint density at radius 1 is 1.67 bits per heavy atom. The molecule has 0 saturated heterocycles. The fourth-order valence-electron chi connectivity index (χ4n) is 0.303. The van der Waals surface area contributed by atoms with E-state index in [1.54, 1.807) is 12.3 Å². The molecule has 0 aliphatic carbocycles. The Morgan fingerprint density at radius 3 is 2.78 bits per heavy atom. The second-order valence-corrected chi connectivity index (χ2v) is 1.64. The van der Waals surface area contributed by atoms with Gasteiger partial charge in [-0.1, -0.05) is 23.4 Å². The first kappa shape index (κ1) is 7.95. The van der Waals surface area contributed by atoms with E-state index in [1.165, 1.54) is 7.11 Å². The molecule has 0 aliphatic heterocycles. The number of rotatable bonds is 3. The summed E-state index contributed by atoms with van der Waals surface area (Å²) in [5.74, 6) is 0. The van der Waals surface area contributed by atoms with Gasteiger partial charge in [0.1, 0.15) is 7.11 Å². The average Bonchev–Trinajstić information content (AvgIpc) is 1.80. The van der Waals surface area contributed by atoms with Crippen LogP contribution in [-0.4, -0.2) is 13.3 Å². The molecular weight excluding hydrogens is 114 g/mol. The standard InChI is InChI=1S/C7H11NO/c1-7(2)5-4-6-8-9-3/h4-6H,1H2,2-3H3/b5-4-,8-6+. The van der Waals surface area contributed by atoms with Gasteiger partial charge in [-0.3, -0.25) is 0 Å². The van der Waals surface area contributed by atoms with Crippen LogP contribution in [0.3, 0.4) is 0 Å². The van der Waals surface area contributed by atoms with Gasteiger partial charge in [0.2, 0.25) is 0 Å². The predicted octanol–water partition coefficient (Wildman–Crippen LogP) is 1.75. The normalized spacial score (nSPS) is 10.9. The molecule has 2 nitrogen and oxygen atoms in total. The monoisotopic (exact) mass is 125 g/mol. The fourth-order valence-corrected chi connectivity index (χ4v) is 0.303. The molecule has 0 unspecified atom stereocenters. The first-order chi connectivity index (χ1) is 4.27. The van der Waals surface area contributed by atoms with Crippen molar-refractivity contribution in [3.63, 3.8) is 0 Å². The summed E-state index contributed by atoms with van der Waals surface area (Å²) < 4.78 is 0. The molecule has 0 saturated carbocycles. The Hall–Kier alpha value is -1.05. The van der Waals surface area contributed by atoms with Gasteiger partial charge in [0.25, 0.3) is 0 Å².